The Bertz CT molecular complexity index is 735. The van der Waals surface area contributed by atoms with E-state index in [1.165, 1.54) is 0 Å². The van der Waals surface area contributed by atoms with Crippen LogP contribution in [0, 0.1) is 0 Å². The molecule has 3 rings (SSSR count). The maximum Gasteiger partial charge on any atom is 0.251 e. The molecule has 1 aliphatic rings. The average molecular weight is 339 g/mol. The van der Waals surface area contributed by atoms with E-state index in [-0.39, 0.29) is 11.9 Å². The number of aryl methyl sites for hydroxylation is 2. The van der Waals surface area contributed by atoms with Gasteiger partial charge in [-0.3, -0.25) is 14.8 Å². The van der Waals surface area contributed by atoms with Crippen molar-refractivity contribution in [2.24, 2.45) is 0 Å². The molecule has 25 heavy (non-hydrogen) atoms. The van der Waals surface area contributed by atoms with Crippen LogP contribution in [0.3, 0.4) is 0 Å². The normalized spacial score (nSPS) is 17.0. The zero-order valence-electron chi connectivity index (χ0n) is 14.8. The van der Waals surface area contributed by atoms with Crippen LogP contribution in [0.4, 0.5) is 0 Å². The quantitative estimate of drug-likeness (QED) is 0.878. The van der Waals surface area contributed by atoms with Gasteiger partial charge < -0.3 is 10.4 Å². The fourth-order valence-corrected chi connectivity index (χ4v) is 3.13. The number of hydrogen-bond donors (Lipinski definition) is 2. The molecule has 1 aromatic carbocycles. The summed E-state index contributed by atoms with van der Waals surface area (Å²) in [7, 11) is 0. The molecule has 5 heteroatoms. The first-order valence-corrected chi connectivity index (χ1v) is 8.84. The van der Waals surface area contributed by atoms with Crippen molar-refractivity contribution in [3.8, 4) is 0 Å². The number of aromatic nitrogens is 2. The molecule has 1 aliphatic carbocycles. The van der Waals surface area contributed by atoms with Crippen LogP contribution in [0.15, 0.2) is 36.7 Å². The van der Waals surface area contributed by atoms with Gasteiger partial charge in [0.25, 0.3) is 5.91 Å². The van der Waals surface area contributed by atoms with E-state index in [0.29, 0.717) is 12.0 Å². The minimum absolute atomic E-state index is 0.0696. The summed E-state index contributed by atoms with van der Waals surface area (Å²) < 4.78 is 0. The summed E-state index contributed by atoms with van der Waals surface area (Å²) >= 11 is 0. The molecule has 1 heterocycles. The van der Waals surface area contributed by atoms with Gasteiger partial charge in [-0.1, -0.05) is 12.1 Å². The maximum absolute atomic E-state index is 12.6. The summed E-state index contributed by atoms with van der Waals surface area (Å²) in [4.78, 5) is 21.3. The molecule has 0 fully saturated rings. The average Bonchev–Trinajstić information content (AvgIpc) is 2.60. The third-order valence-corrected chi connectivity index (χ3v) is 4.59. The van der Waals surface area contributed by atoms with Crippen LogP contribution in [-0.2, 0) is 12.8 Å². The Morgan fingerprint density at radius 1 is 1.24 bits per heavy atom. The van der Waals surface area contributed by atoms with Crippen molar-refractivity contribution >= 4 is 5.91 Å². The Kier molecular flexibility index (Phi) is 5.13. The Balaban J connectivity index is 1.64. The van der Waals surface area contributed by atoms with E-state index in [4.69, 9.17) is 0 Å². The molecule has 0 saturated heterocycles. The SMILES string of the molecule is CC(C)(O)CCc1ccc(C(=O)N[C@@H]2CCCc3nccnc32)cc1. The van der Waals surface area contributed by atoms with E-state index in [0.717, 1.165) is 42.6 Å². The first-order valence-electron chi connectivity index (χ1n) is 8.84. The van der Waals surface area contributed by atoms with Gasteiger partial charge in [-0.2, -0.15) is 0 Å². The van der Waals surface area contributed by atoms with Gasteiger partial charge in [-0.25, -0.2) is 0 Å². The van der Waals surface area contributed by atoms with Crippen molar-refractivity contribution in [2.75, 3.05) is 0 Å². The number of rotatable bonds is 5. The summed E-state index contributed by atoms with van der Waals surface area (Å²) in [5, 5.41) is 12.9. The molecule has 0 unspecified atom stereocenters. The molecule has 0 saturated carbocycles. The minimum atomic E-state index is -0.675. The van der Waals surface area contributed by atoms with Crippen molar-refractivity contribution in [1.29, 1.82) is 0 Å². The molecule has 2 N–H and O–H groups in total. The second-order valence-electron chi connectivity index (χ2n) is 7.32. The van der Waals surface area contributed by atoms with Crippen LogP contribution in [0.5, 0.6) is 0 Å². The summed E-state index contributed by atoms with van der Waals surface area (Å²) in [5.41, 5.74) is 2.96. The lowest BCUT2D eigenvalue weighted by Gasteiger charge is -2.24. The molecule has 0 radical (unpaired) electrons. The van der Waals surface area contributed by atoms with Crippen LogP contribution in [-0.4, -0.2) is 26.6 Å². The highest BCUT2D eigenvalue weighted by molar-refractivity contribution is 5.94. The lowest BCUT2D eigenvalue weighted by molar-refractivity contribution is 0.0713. The zero-order chi connectivity index (χ0) is 17.9. The first kappa shape index (κ1) is 17.5. The molecule has 1 aromatic heterocycles. The molecular formula is C20H25N3O2. The highest BCUT2D eigenvalue weighted by Gasteiger charge is 2.24. The van der Waals surface area contributed by atoms with E-state index >= 15 is 0 Å². The molecule has 0 bridgehead atoms. The molecule has 5 nitrogen and oxygen atoms in total. The van der Waals surface area contributed by atoms with Crippen molar-refractivity contribution in [1.82, 2.24) is 15.3 Å². The number of hydrogen-bond acceptors (Lipinski definition) is 4. The van der Waals surface area contributed by atoms with E-state index in [9.17, 15) is 9.90 Å². The van der Waals surface area contributed by atoms with E-state index in [1.807, 2.05) is 24.3 Å². The number of amides is 1. The largest absolute Gasteiger partial charge is 0.390 e. The molecular weight excluding hydrogens is 314 g/mol. The Morgan fingerprint density at radius 3 is 2.68 bits per heavy atom. The zero-order valence-corrected chi connectivity index (χ0v) is 14.8. The number of aliphatic hydroxyl groups is 1. The Morgan fingerprint density at radius 2 is 1.96 bits per heavy atom. The third kappa shape index (κ3) is 4.63. The summed E-state index contributed by atoms with van der Waals surface area (Å²) in [6.45, 7) is 3.61. The highest BCUT2D eigenvalue weighted by Crippen LogP contribution is 2.26. The number of carbonyl (C=O) groups excluding carboxylic acids is 1. The topological polar surface area (TPSA) is 75.1 Å². The van der Waals surface area contributed by atoms with Gasteiger partial charge in [0.15, 0.2) is 0 Å². The van der Waals surface area contributed by atoms with Crippen molar-refractivity contribution in [3.63, 3.8) is 0 Å². The lowest BCUT2D eigenvalue weighted by atomic mass is 9.95. The summed E-state index contributed by atoms with van der Waals surface area (Å²) in [6, 6.07) is 7.52. The van der Waals surface area contributed by atoms with Crippen LogP contribution in [0.2, 0.25) is 0 Å². The molecule has 0 spiro atoms. The Hall–Kier alpha value is -2.27. The highest BCUT2D eigenvalue weighted by atomic mass is 16.3. The van der Waals surface area contributed by atoms with E-state index in [1.54, 1.807) is 26.2 Å². The van der Waals surface area contributed by atoms with Crippen molar-refractivity contribution in [2.45, 2.75) is 57.6 Å². The van der Waals surface area contributed by atoms with E-state index in [2.05, 4.69) is 15.3 Å². The number of nitrogens with zero attached hydrogens (tertiary/aromatic N) is 2. The smallest absolute Gasteiger partial charge is 0.251 e. The maximum atomic E-state index is 12.6. The lowest BCUT2D eigenvalue weighted by Crippen LogP contribution is -2.32. The molecule has 2 aromatic rings. The molecule has 0 aliphatic heterocycles. The fraction of sp³-hybridized carbons (Fsp3) is 0.450. The van der Waals surface area contributed by atoms with Gasteiger partial charge in [-0.05, 0) is 63.6 Å². The Labute approximate surface area is 148 Å². The van der Waals surface area contributed by atoms with Crippen LogP contribution < -0.4 is 5.32 Å². The third-order valence-electron chi connectivity index (χ3n) is 4.59. The van der Waals surface area contributed by atoms with E-state index < -0.39 is 5.60 Å². The van der Waals surface area contributed by atoms with Gasteiger partial charge in [-0.15, -0.1) is 0 Å². The van der Waals surface area contributed by atoms with Crippen molar-refractivity contribution < 1.29 is 9.90 Å². The van der Waals surface area contributed by atoms with Gasteiger partial charge in [0.2, 0.25) is 0 Å². The van der Waals surface area contributed by atoms with Gasteiger partial charge in [0.1, 0.15) is 0 Å². The van der Waals surface area contributed by atoms with Gasteiger partial charge in [0, 0.05) is 18.0 Å². The predicted octanol–water partition coefficient (Wildman–Crippen LogP) is 2.99. The van der Waals surface area contributed by atoms with Gasteiger partial charge >= 0.3 is 0 Å². The molecule has 1 atom stereocenters. The van der Waals surface area contributed by atoms with Gasteiger partial charge in [0.05, 0.1) is 23.0 Å². The van der Waals surface area contributed by atoms with Crippen molar-refractivity contribution in [3.05, 3.63) is 59.2 Å². The first-order chi connectivity index (χ1) is 11.9. The number of fused-ring (bicyclic) bond motifs is 1. The molecule has 132 valence electrons. The fourth-order valence-electron chi connectivity index (χ4n) is 3.13. The minimum Gasteiger partial charge on any atom is -0.390 e. The predicted molar refractivity (Wildman–Crippen MR) is 96.2 cm³/mol. The second kappa shape index (κ2) is 7.31. The summed E-state index contributed by atoms with van der Waals surface area (Å²) in [5.74, 6) is -0.0856. The second-order valence-corrected chi connectivity index (χ2v) is 7.32. The monoisotopic (exact) mass is 339 g/mol. The number of nitrogens with one attached hydrogen (secondary N) is 1. The molecule has 1 amide bonds. The number of benzene rings is 1. The summed E-state index contributed by atoms with van der Waals surface area (Å²) in [6.07, 6.45) is 7.68. The number of carbonyl (C=O) groups is 1. The standard InChI is InChI=1S/C20H25N3O2/c1-20(2,25)11-10-14-6-8-15(9-7-14)19(24)23-17-5-3-4-16-18(17)22-13-12-21-16/h6-9,12-13,17,25H,3-5,10-11H2,1-2H3,(H,23,24)/t17-/m1/s1. The van der Waals surface area contributed by atoms with Crippen LogP contribution in [0.25, 0.3) is 0 Å². The van der Waals surface area contributed by atoms with Crippen LogP contribution >= 0.6 is 0 Å². The van der Waals surface area contributed by atoms with Crippen LogP contribution in [0.1, 0.15) is 66.5 Å².